The lowest BCUT2D eigenvalue weighted by Gasteiger charge is -2.23. The second-order valence-electron chi connectivity index (χ2n) is 4.44. The van der Waals surface area contributed by atoms with Gasteiger partial charge in [0.15, 0.2) is 0 Å². The van der Waals surface area contributed by atoms with Gasteiger partial charge in [-0.15, -0.1) is 0 Å². The molecule has 1 aliphatic heterocycles. The van der Waals surface area contributed by atoms with Crippen LogP contribution in [0, 0.1) is 11.8 Å². The molecule has 0 aromatic heterocycles. The van der Waals surface area contributed by atoms with Gasteiger partial charge in [-0.2, -0.15) is 0 Å². The molecule has 1 saturated heterocycles. The summed E-state index contributed by atoms with van der Waals surface area (Å²) in [7, 11) is 1.49. The molecular weight excluding hydrogens is 178 g/mol. The van der Waals surface area contributed by atoms with E-state index in [-0.39, 0.29) is 11.9 Å². The number of esters is 1. The van der Waals surface area contributed by atoms with Crippen molar-refractivity contribution in [1.29, 1.82) is 0 Å². The fourth-order valence-electron chi connectivity index (χ4n) is 2.95. The van der Waals surface area contributed by atoms with E-state index in [0.717, 1.165) is 13.0 Å². The van der Waals surface area contributed by atoms with Gasteiger partial charge in [0.1, 0.15) is 0 Å². The maximum atomic E-state index is 11.5. The molecule has 2 aliphatic rings. The summed E-state index contributed by atoms with van der Waals surface area (Å²) < 4.78 is 4.85. The first-order chi connectivity index (χ1) is 6.83. The number of ether oxygens (including phenoxy) is 1. The third-order valence-electron chi connectivity index (χ3n) is 3.68. The zero-order valence-electron chi connectivity index (χ0n) is 8.79. The van der Waals surface area contributed by atoms with Crippen molar-refractivity contribution in [1.82, 2.24) is 5.32 Å². The van der Waals surface area contributed by atoms with Gasteiger partial charge < -0.3 is 10.1 Å². The Morgan fingerprint density at radius 1 is 1.29 bits per heavy atom. The van der Waals surface area contributed by atoms with Gasteiger partial charge in [0.25, 0.3) is 0 Å². The normalized spacial score (nSPS) is 33.5. The molecule has 3 heteroatoms. The van der Waals surface area contributed by atoms with E-state index in [1.165, 1.54) is 32.8 Å². The van der Waals surface area contributed by atoms with Crippen LogP contribution in [0.5, 0.6) is 0 Å². The third-order valence-corrected chi connectivity index (χ3v) is 3.68. The Hall–Kier alpha value is -0.570. The summed E-state index contributed by atoms with van der Waals surface area (Å²) in [6, 6.07) is 0.393. The molecule has 1 heterocycles. The number of rotatable bonds is 2. The van der Waals surface area contributed by atoms with Crippen molar-refractivity contribution in [3.63, 3.8) is 0 Å². The highest BCUT2D eigenvalue weighted by Crippen LogP contribution is 2.34. The highest BCUT2D eigenvalue weighted by atomic mass is 16.5. The number of hydrogen-bond acceptors (Lipinski definition) is 3. The lowest BCUT2D eigenvalue weighted by Crippen LogP contribution is -2.37. The molecule has 0 bridgehead atoms. The molecule has 1 N–H and O–H groups in total. The molecule has 0 aromatic rings. The van der Waals surface area contributed by atoms with Crippen LogP contribution >= 0.6 is 0 Å². The van der Waals surface area contributed by atoms with Crippen molar-refractivity contribution >= 4 is 5.97 Å². The molecule has 1 aliphatic carbocycles. The minimum absolute atomic E-state index is 0.0214. The first-order valence-electron chi connectivity index (χ1n) is 5.64. The zero-order chi connectivity index (χ0) is 9.97. The van der Waals surface area contributed by atoms with Crippen LogP contribution < -0.4 is 5.32 Å². The van der Waals surface area contributed by atoms with Gasteiger partial charge in [-0.1, -0.05) is 12.8 Å². The highest BCUT2D eigenvalue weighted by molar-refractivity contribution is 5.73. The summed E-state index contributed by atoms with van der Waals surface area (Å²) in [5.74, 6) is 0.802. The van der Waals surface area contributed by atoms with Crippen molar-refractivity contribution < 1.29 is 9.53 Å². The van der Waals surface area contributed by atoms with Gasteiger partial charge in [-0.05, 0) is 31.7 Å². The summed E-state index contributed by atoms with van der Waals surface area (Å²) in [6.45, 7) is 0.973. The third kappa shape index (κ3) is 1.78. The molecule has 3 nitrogen and oxygen atoms in total. The van der Waals surface area contributed by atoms with E-state index in [4.69, 9.17) is 4.74 Å². The summed E-state index contributed by atoms with van der Waals surface area (Å²) in [4.78, 5) is 11.5. The van der Waals surface area contributed by atoms with Crippen LogP contribution in [0.4, 0.5) is 0 Å². The second kappa shape index (κ2) is 4.30. The van der Waals surface area contributed by atoms with Crippen LogP contribution in [-0.2, 0) is 9.53 Å². The average molecular weight is 197 g/mol. The first-order valence-corrected chi connectivity index (χ1v) is 5.64. The van der Waals surface area contributed by atoms with E-state index in [0.29, 0.717) is 12.0 Å². The quantitative estimate of drug-likeness (QED) is 0.679. The predicted molar refractivity (Wildman–Crippen MR) is 53.9 cm³/mol. The van der Waals surface area contributed by atoms with E-state index in [2.05, 4.69) is 5.32 Å². The molecule has 0 amide bonds. The summed E-state index contributed by atoms with van der Waals surface area (Å²) in [5, 5.41) is 3.46. The molecule has 0 spiro atoms. The van der Waals surface area contributed by atoms with Crippen LogP contribution in [-0.4, -0.2) is 25.7 Å². The molecule has 14 heavy (non-hydrogen) atoms. The molecule has 2 fully saturated rings. The van der Waals surface area contributed by atoms with E-state index in [9.17, 15) is 4.79 Å². The molecule has 1 saturated carbocycles. The topological polar surface area (TPSA) is 38.3 Å². The molecule has 2 unspecified atom stereocenters. The largest absolute Gasteiger partial charge is 0.469 e. The monoisotopic (exact) mass is 197 g/mol. The van der Waals surface area contributed by atoms with Crippen LogP contribution in [0.3, 0.4) is 0 Å². The minimum atomic E-state index is -0.0214. The first kappa shape index (κ1) is 9.97. The molecule has 2 rings (SSSR count). The fourth-order valence-corrected chi connectivity index (χ4v) is 2.95. The van der Waals surface area contributed by atoms with Gasteiger partial charge >= 0.3 is 5.97 Å². The van der Waals surface area contributed by atoms with Crippen LogP contribution in [0.1, 0.15) is 32.1 Å². The van der Waals surface area contributed by atoms with Crippen LogP contribution in [0.15, 0.2) is 0 Å². The van der Waals surface area contributed by atoms with E-state index < -0.39 is 0 Å². The maximum absolute atomic E-state index is 11.5. The number of nitrogens with one attached hydrogen (secondary N) is 1. The van der Waals surface area contributed by atoms with Gasteiger partial charge in [0.05, 0.1) is 13.0 Å². The molecule has 0 aromatic carbocycles. The molecule has 2 atom stereocenters. The smallest absolute Gasteiger partial charge is 0.310 e. The summed E-state index contributed by atoms with van der Waals surface area (Å²) >= 11 is 0. The Bertz CT molecular complexity index is 211. The van der Waals surface area contributed by atoms with E-state index in [1.54, 1.807) is 0 Å². The zero-order valence-corrected chi connectivity index (χ0v) is 8.79. The van der Waals surface area contributed by atoms with Gasteiger partial charge in [0.2, 0.25) is 0 Å². The Labute approximate surface area is 85.2 Å². The molecular formula is C11H19NO2. The van der Waals surface area contributed by atoms with Crippen LogP contribution in [0.2, 0.25) is 0 Å². The Kier molecular flexibility index (Phi) is 3.06. The Morgan fingerprint density at radius 3 is 2.64 bits per heavy atom. The number of hydrogen-bond donors (Lipinski definition) is 1. The lowest BCUT2D eigenvalue weighted by molar-refractivity contribution is -0.146. The SMILES string of the molecule is COC(=O)C1CCNC1C1CCCC1. The molecule has 80 valence electrons. The van der Waals surface area contributed by atoms with Gasteiger partial charge in [-0.25, -0.2) is 0 Å². The summed E-state index contributed by atoms with van der Waals surface area (Å²) in [5.41, 5.74) is 0. The number of carbonyl (C=O) groups is 1. The summed E-state index contributed by atoms with van der Waals surface area (Å²) in [6.07, 6.45) is 6.18. The maximum Gasteiger partial charge on any atom is 0.310 e. The van der Waals surface area contributed by atoms with Gasteiger partial charge in [-0.3, -0.25) is 4.79 Å². The van der Waals surface area contributed by atoms with E-state index >= 15 is 0 Å². The van der Waals surface area contributed by atoms with E-state index in [1.807, 2.05) is 0 Å². The fraction of sp³-hybridized carbons (Fsp3) is 0.909. The van der Waals surface area contributed by atoms with Crippen molar-refractivity contribution in [3.8, 4) is 0 Å². The standard InChI is InChI=1S/C11H19NO2/c1-14-11(13)9-6-7-12-10(9)8-4-2-3-5-8/h8-10,12H,2-7H2,1H3. The van der Waals surface area contributed by atoms with Crippen molar-refractivity contribution in [3.05, 3.63) is 0 Å². The minimum Gasteiger partial charge on any atom is -0.469 e. The van der Waals surface area contributed by atoms with Gasteiger partial charge in [0, 0.05) is 6.04 Å². The Morgan fingerprint density at radius 2 is 2.00 bits per heavy atom. The Balaban J connectivity index is 1.98. The predicted octanol–water partition coefficient (Wildman–Crippen LogP) is 1.33. The average Bonchev–Trinajstić information content (AvgIpc) is 2.85. The number of methoxy groups -OCH3 is 1. The second-order valence-corrected chi connectivity index (χ2v) is 4.44. The highest BCUT2D eigenvalue weighted by Gasteiger charge is 2.39. The van der Waals surface area contributed by atoms with Crippen molar-refractivity contribution in [2.24, 2.45) is 11.8 Å². The van der Waals surface area contributed by atoms with Crippen molar-refractivity contribution in [2.75, 3.05) is 13.7 Å². The molecule has 0 radical (unpaired) electrons. The number of carbonyl (C=O) groups excluding carboxylic acids is 1. The van der Waals surface area contributed by atoms with Crippen molar-refractivity contribution in [2.45, 2.75) is 38.1 Å². The lowest BCUT2D eigenvalue weighted by atomic mass is 9.88. The van der Waals surface area contributed by atoms with Crippen LogP contribution in [0.25, 0.3) is 0 Å².